The number of carbonyl (C=O) groups is 3. The molecule has 7 heteroatoms. The van der Waals surface area contributed by atoms with Crippen LogP contribution in [0.4, 0.5) is 10.1 Å². The lowest BCUT2D eigenvalue weighted by atomic mass is 10.1. The van der Waals surface area contributed by atoms with E-state index in [9.17, 15) is 18.8 Å². The maximum atomic E-state index is 13.2. The first-order valence-corrected chi connectivity index (χ1v) is 9.44. The molecule has 0 aliphatic carbocycles. The number of nitrogens with zero attached hydrogens (tertiary/aromatic N) is 2. The number of carbonyl (C=O) groups excluding carboxylic acids is 3. The van der Waals surface area contributed by atoms with E-state index < -0.39 is 11.9 Å². The Labute approximate surface area is 167 Å². The first-order chi connectivity index (χ1) is 13.4. The van der Waals surface area contributed by atoms with E-state index >= 15 is 0 Å². The second-order valence-corrected chi connectivity index (χ2v) is 7.10. The molecule has 1 fully saturated rings. The summed E-state index contributed by atoms with van der Waals surface area (Å²) in [6, 6.07) is 11.3. The second kappa shape index (κ2) is 8.52. The van der Waals surface area contributed by atoms with Crippen LogP contribution in [-0.2, 0) is 20.9 Å². The second-order valence-electron chi connectivity index (χ2n) is 6.66. The van der Waals surface area contributed by atoms with Crippen LogP contribution in [0.1, 0.15) is 31.7 Å². The average Bonchev–Trinajstić information content (AvgIpc) is 2.96. The Morgan fingerprint density at radius 2 is 1.79 bits per heavy atom. The maximum Gasteiger partial charge on any atom is 0.257 e. The van der Waals surface area contributed by atoms with E-state index in [4.69, 9.17) is 11.6 Å². The van der Waals surface area contributed by atoms with Crippen LogP contribution in [0, 0.1) is 5.82 Å². The van der Waals surface area contributed by atoms with Gasteiger partial charge in [-0.2, -0.15) is 0 Å². The van der Waals surface area contributed by atoms with Gasteiger partial charge in [0.2, 0.25) is 11.8 Å². The molecule has 0 aromatic heterocycles. The molecule has 5 nitrogen and oxygen atoms in total. The molecule has 0 spiro atoms. The van der Waals surface area contributed by atoms with Crippen molar-refractivity contribution >= 4 is 35.0 Å². The highest BCUT2D eigenvalue weighted by Gasteiger charge is 2.44. The summed E-state index contributed by atoms with van der Waals surface area (Å²) in [6.07, 6.45) is 0.798. The largest absolute Gasteiger partial charge is 0.326 e. The number of halogens is 2. The summed E-state index contributed by atoms with van der Waals surface area (Å²) < 4.78 is 13.2. The van der Waals surface area contributed by atoms with E-state index in [-0.39, 0.29) is 37.0 Å². The molecule has 3 rings (SSSR count). The Bertz CT molecular complexity index is 884. The molecule has 1 atom stereocenters. The standard InChI is InChI=1S/C21H20ClFN2O3/c1-2-3-19(26)24(13-14-4-8-16(23)9-5-14)18-12-20(27)25(21(18)28)17-10-6-15(22)7-11-17/h4-11,18H,2-3,12-13H2,1H3. The van der Waals surface area contributed by atoms with Crippen LogP contribution < -0.4 is 4.90 Å². The Kier molecular flexibility index (Phi) is 6.09. The monoisotopic (exact) mass is 402 g/mol. The molecule has 1 unspecified atom stereocenters. The summed E-state index contributed by atoms with van der Waals surface area (Å²) in [5.41, 5.74) is 1.11. The molecule has 0 radical (unpaired) electrons. The molecular formula is C21H20ClFN2O3. The summed E-state index contributed by atoms with van der Waals surface area (Å²) in [4.78, 5) is 40.8. The van der Waals surface area contributed by atoms with E-state index in [1.807, 2.05) is 6.92 Å². The topological polar surface area (TPSA) is 57.7 Å². The summed E-state index contributed by atoms with van der Waals surface area (Å²) in [5, 5.41) is 0.496. The lowest BCUT2D eigenvalue weighted by molar-refractivity contribution is -0.139. The van der Waals surface area contributed by atoms with Gasteiger partial charge in [0.1, 0.15) is 11.9 Å². The van der Waals surface area contributed by atoms with Gasteiger partial charge in [0.25, 0.3) is 5.91 Å². The molecule has 1 aliphatic rings. The van der Waals surface area contributed by atoms with E-state index in [1.54, 1.807) is 36.4 Å². The van der Waals surface area contributed by atoms with Gasteiger partial charge in [-0.15, -0.1) is 0 Å². The number of hydrogen-bond acceptors (Lipinski definition) is 3. The molecule has 0 saturated carbocycles. The van der Waals surface area contributed by atoms with Crippen LogP contribution >= 0.6 is 11.6 Å². The van der Waals surface area contributed by atoms with Crippen molar-refractivity contribution in [3.63, 3.8) is 0 Å². The number of rotatable bonds is 6. The Morgan fingerprint density at radius 3 is 2.39 bits per heavy atom. The molecule has 2 aromatic rings. The van der Waals surface area contributed by atoms with E-state index in [0.717, 1.165) is 4.90 Å². The van der Waals surface area contributed by atoms with Crippen LogP contribution in [-0.4, -0.2) is 28.7 Å². The van der Waals surface area contributed by atoms with Crippen molar-refractivity contribution in [3.8, 4) is 0 Å². The third-order valence-electron chi connectivity index (χ3n) is 4.63. The predicted molar refractivity (Wildman–Crippen MR) is 104 cm³/mol. The molecule has 146 valence electrons. The summed E-state index contributed by atoms with van der Waals surface area (Å²) in [7, 11) is 0. The molecule has 0 bridgehead atoms. The molecule has 28 heavy (non-hydrogen) atoms. The van der Waals surface area contributed by atoms with Crippen LogP contribution in [0.2, 0.25) is 5.02 Å². The molecule has 1 heterocycles. The fourth-order valence-corrected chi connectivity index (χ4v) is 3.36. The van der Waals surface area contributed by atoms with Crippen LogP contribution in [0.15, 0.2) is 48.5 Å². The predicted octanol–water partition coefficient (Wildman–Crippen LogP) is 3.94. The van der Waals surface area contributed by atoms with E-state index in [2.05, 4.69) is 0 Å². The molecule has 1 aliphatic heterocycles. The Balaban J connectivity index is 1.88. The van der Waals surface area contributed by atoms with Gasteiger partial charge >= 0.3 is 0 Å². The highest BCUT2D eigenvalue weighted by atomic mass is 35.5. The highest BCUT2D eigenvalue weighted by Crippen LogP contribution is 2.28. The number of benzene rings is 2. The minimum atomic E-state index is -0.882. The normalized spacial score (nSPS) is 16.5. The zero-order valence-corrected chi connectivity index (χ0v) is 16.2. The zero-order chi connectivity index (χ0) is 20.3. The van der Waals surface area contributed by atoms with Gasteiger partial charge in [-0.05, 0) is 48.4 Å². The molecule has 0 N–H and O–H groups in total. The summed E-state index contributed by atoms with van der Waals surface area (Å²) in [5.74, 6) is -1.41. The molecule has 1 saturated heterocycles. The van der Waals surface area contributed by atoms with Crippen molar-refractivity contribution in [1.29, 1.82) is 0 Å². The SMILES string of the molecule is CCCC(=O)N(Cc1ccc(F)cc1)C1CC(=O)N(c2ccc(Cl)cc2)C1=O. The fourth-order valence-electron chi connectivity index (χ4n) is 3.24. The number of amides is 3. The van der Waals surface area contributed by atoms with Crippen molar-refractivity contribution in [1.82, 2.24) is 4.90 Å². The molecular weight excluding hydrogens is 383 g/mol. The van der Waals surface area contributed by atoms with Crippen molar-refractivity contribution in [3.05, 3.63) is 64.9 Å². The minimum absolute atomic E-state index is 0.0852. The highest BCUT2D eigenvalue weighted by molar-refractivity contribution is 6.30. The summed E-state index contributed by atoms with van der Waals surface area (Å²) in [6.45, 7) is 2.01. The molecule has 2 aromatic carbocycles. The van der Waals surface area contributed by atoms with Gasteiger partial charge in [0, 0.05) is 18.0 Å². The number of imide groups is 1. The Morgan fingerprint density at radius 1 is 1.14 bits per heavy atom. The van der Waals surface area contributed by atoms with Crippen LogP contribution in [0.25, 0.3) is 0 Å². The summed E-state index contributed by atoms with van der Waals surface area (Å²) >= 11 is 5.88. The van der Waals surface area contributed by atoms with Gasteiger partial charge in [-0.25, -0.2) is 9.29 Å². The van der Waals surface area contributed by atoms with E-state index in [1.165, 1.54) is 17.0 Å². The van der Waals surface area contributed by atoms with Gasteiger partial charge in [0.15, 0.2) is 0 Å². The smallest absolute Gasteiger partial charge is 0.257 e. The third kappa shape index (κ3) is 4.22. The van der Waals surface area contributed by atoms with Crippen molar-refractivity contribution in [2.75, 3.05) is 4.90 Å². The van der Waals surface area contributed by atoms with Gasteiger partial charge < -0.3 is 4.90 Å². The van der Waals surface area contributed by atoms with Crippen LogP contribution in [0.5, 0.6) is 0 Å². The van der Waals surface area contributed by atoms with Crippen molar-refractivity contribution < 1.29 is 18.8 Å². The first-order valence-electron chi connectivity index (χ1n) is 9.07. The third-order valence-corrected chi connectivity index (χ3v) is 4.89. The zero-order valence-electron chi connectivity index (χ0n) is 15.4. The first kappa shape index (κ1) is 20.0. The lowest BCUT2D eigenvalue weighted by Gasteiger charge is -2.28. The maximum absolute atomic E-state index is 13.2. The fraction of sp³-hybridized carbons (Fsp3) is 0.286. The van der Waals surface area contributed by atoms with Gasteiger partial charge in [-0.1, -0.05) is 30.7 Å². The quantitative estimate of drug-likeness (QED) is 0.688. The van der Waals surface area contributed by atoms with Gasteiger partial charge in [-0.3, -0.25) is 14.4 Å². The van der Waals surface area contributed by atoms with E-state index in [0.29, 0.717) is 22.7 Å². The number of hydrogen-bond donors (Lipinski definition) is 0. The Hall–Kier alpha value is -2.73. The van der Waals surface area contributed by atoms with Crippen molar-refractivity contribution in [2.24, 2.45) is 0 Å². The van der Waals surface area contributed by atoms with Crippen molar-refractivity contribution in [2.45, 2.75) is 38.8 Å². The lowest BCUT2D eigenvalue weighted by Crippen LogP contribution is -2.45. The molecule has 3 amide bonds. The minimum Gasteiger partial charge on any atom is -0.326 e. The van der Waals surface area contributed by atoms with Gasteiger partial charge in [0.05, 0.1) is 12.1 Å². The van der Waals surface area contributed by atoms with Crippen LogP contribution in [0.3, 0.4) is 0 Å². The number of anilines is 1. The average molecular weight is 403 g/mol.